The van der Waals surface area contributed by atoms with Gasteiger partial charge in [0.15, 0.2) is 5.76 Å². The number of amides is 1. The summed E-state index contributed by atoms with van der Waals surface area (Å²) in [5.41, 5.74) is 1.22. The van der Waals surface area contributed by atoms with Crippen molar-refractivity contribution in [3.05, 3.63) is 80.9 Å². The van der Waals surface area contributed by atoms with Gasteiger partial charge in [0.25, 0.3) is 5.91 Å². The van der Waals surface area contributed by atoms with Crippen LogP contribution in [0.3, 0.4) is 0 Å². The molecule has 0 aliphatic carbocycles. The number of aryl methyl sites for hydroxylation is 2. The fourth-order valence-electron chi connectivity index (χ4n) is 3.80. The molecule has 0 spiro atoms. The van der Waals surface area contributed by atoms with E-state index < -0.39 is 23.5 Å². The summed E-state index contributed by atoms with van der Waals surface area (Å²) in [4.78, 5) is 32.8. The normalized spacial score (nSPS) is 16.3. The smallest absolute Gasteiger partial charge is 0.290 e. The number of benzene rings is 1. The second kappa shape index (κ2) is 8.39. The summed E-state index contributed by atoms with van der Waals surface area (Å²) < 4.78 is 11.2. The van der Waals surface area contributed by atoms with Gasteiger partial charge in [-0.2, -0.15) is 0 Å². The number of thiazole rings is 1. The SMILES string of the molecule is CCOc1ccccc1C1C(C(=O)c2sc(C)nc2C)=C(O)C(=O)N1Cc1ccco1. The number of aromatic nitrogens is 1. The zero-order chi connectivity index (χ0) is 22.1. The van der Waals surface area contributed by atoms with Gasteiger partial charge in [-0.05, 0) is 39.0 Å². The van der Waals surface area contributed by atoms with Crippen LogP contribution in [-0.2, 0) is 11.3 Å². The van der Waals surface area contributed by atoms with Crippen molar-refractivity contribution in [1.82, 2.24) is 9.88 Å². The molecule has 1 amide bonds. The van der Waals surface area contributed by atoms with Gasteiger partial charge in [0, 0.05) is 5.56 Å². The number of hydrogen-bond donors (Lipinski definition) is 1. The molecule has 160 valence electrons. The molecule has 3 aromatic rings. The number of para-hydroxylation sites is 1. The van der Waals surface area contributed by atoms with Gasteiger partial charge in [0.1, 0.15) is 11.5 Å². The van der Waals surface area contributed by atoms with E-state index in [4.69, 9.17) is 9.15 Å². The minimum absolute atomic E-state index is 0.0236. The van der Waals surface area contributed by atoms with E-state index >= 15 is 0 Å². The van der Waals surface area contributed by atoms with Crippen LogP contribution in [0.5, 0.6) is 5.75 Å². The maximum Gasteiger partial charge on any atom is 0.290 e. The predicted molar refractivity (Wildman–Crippen MR) is 115 cm³/mol. The van der Waals surface area contributed by atoms with Gasteiger partial charge in [-0.1, -0.05) is 18.2 Å². The van der Waals surface area contributed by atoms with Crippen LogP contribution in [0.25, 0.3) is 0 Å². The number of carbonyl (C=O) groups is 2. The lowest BCUT2D eigenvalue weighted by Crippen LogP contribution is -2.30. The van der Waals surface area contributed by atoms with Crippen molar-refractivity contribution < 1.29 is 23.8 Å². The summed E-state index contributed by atoms with van der Waals surface area (Å²) in [6.07, 6.45) is 1.52. The second-order valence-electron chi connectivity index (χ2n) is 7.12. The van der Waals surface area contributed by atoms with Gasteiger partial charge in [0.2, 0.25) is 5.78 Å². The summed E-state index contributed by atoms with van der Waals surface area (Å²) in [5, 5.41) is 11.6. The van der Waals surface area contributed by atoms with Crippen molar-refractivity contribution in [1.29, 1.82) is 0 Å². The Hall–Kier alpha value is -3.39. The Labute approximate surface area is 183 Å². The highest BCUT2D eigenvalue weighted by Gasteiger charge is 2.45. The average molecular weight is 439 g/mol. The van der Waals surface area contributed by atoms with Gasteiger partial charge in [-0.15, -0.1) is 11.3 Å². The molecule has 0 radical (unpaired) electrons. The molecule has 0 bridgehead atoms. The zero-order valence-electron chi connectivity index (χ0n) is 17.4. The highest BCUT2D eigenvalue weighted by Crippen LogP contribution is 2.43. The minimum Gasteiger partial charge on any atom is -0.503 e. The summed E-state index contributed by atoms with van der Waals surface area (Å²) in [5.74, 6) is -0.511. The number of Topliss-reactive ketones (excluding diaryl/α,β-unsaturated/α-hetero) is 1. The van der Waals surface area contributed by atoms with Crippen molar-refractivity contribution >= 4 is 23.0 Å². The molecule has 2 aromatic heterocycles. The molecular weight excluding hydrogens is 416 g/mol. The molecule has 0 saturated heterocycles. The number of hydrogen-bond acceptors (Lipinski definition) is 7. The minimum atomic E-state index is -0.824. The fourth-order valence-corrected chi connectivity index (χ4v) is 4.67. The highest BCUT2D eigenvalue weighted by molar-refractivity contribution is 7.14. The Kier molecular flexibility index (Phi) is 5.65. The lowest BCUT2D eigenvalue weighted by atomic mass is 9.94. The van der Waals surface area contributed by atoms with Crippen molar-refractivity contribution in [2.45, 2.75) is 33.4 Å². The van der Waals surface area contributed by atoms with E-state index in [1.54, 1.807) is 31.2 Å². The largest absolute Gasteiger partial charge is 0.503 e. The van der Waals surface area contributed by atoms with Crippen LogP contribution in [0.15, 0.2) is 58.4 Å². The lowest BCUT2D eigenvalue weighted by Gasteiger charge is -2.27. The van der Waals surface area contributed by atoms with Gasteiger partial charge in [0.05, 0.1) is 46.6 Å². The Bertz CT molecular complexity index is 1160. The molecule has 8 heteroatoms. The first kappa shape index (κ1) is 20.9. The molecular formula is C23H22N2O5S. The number of aliphatic hydroxyl groups excluding tert-OH is 1. The van der Waals surface area contributed by atoms with Crippen LogP contribution in [-0.4, -0.2) is 33.3 Å². The first-order valence-corrected chi connectivity index (χ1v) is 10.7. The highest BCUT2D eigenvalue weighted by atomic mass is 32.1. The second-order valence-corrected chi connectivity index (χ2v) is 8.33. The van der Waals surface area contributed by atoms with E-state index in [0.29, 0.717) is 34.3 Å². The molecule has 1 unspecified atom stereocenters. The van der Waals surface area contributed by atoms with Crippen LogP contribution in [0.1, 0.15) is 44.7 Å². The molecule has 1 atom stereocenters. The number of rotatable bonds is 7. The molecule has 7 nitrogen and oxygen atoms in total. The third-order valence-electron chi connectivity index (χ3n) is 5.08. The molecule has 1 aliphatic rings. The third-order valence-corrected chi connectivity index (χ3v) is 6.15. The van der Waals surface area contributed by atoms with Gasteiger partial charge < -0.3 is 19.2 Å². The Morgan fingerprint density at radius 1 is 1.26 bits per heavy atom. The zero-order valence-corrected chi connectivity index (χ0v) is 18.2. The third kappa shape index (κ3) is 3.74. The Morgan fingerprint density at radius 3 is 2.68 bits per heavy atom. The number of nitrogens with zero attached hydrogens (tertiary/aromatic N) is 2. The van der Waals surface area contributed by atoms with Gasteiger partial charge >= 0.3 is 0 Å². The Morgan fingerprint density at radius 2 is 2.03 bits per heavy atom. The van der Waals surface area contributed by atoms with Crippen LogP contribution in [0, 0.1) is 13.8 Å². The molecule has 3 heterocycles. The van der Waals surface area contributed by atoms with Crippen molar-refractivity contribution in [3.8, 4) is 5.75 Å². The van der Waals surface area contributed by atoms with E-state index in [1.807, 2.05) is 26.0 Å². The standard InChI is InChI=1S/C23H22N2O5S/c1-4-29-17-10-6-5-9-16(17)19-18(20(26)22-13(2)24-14(3)31-22)21(27)23(28)25(19)12-15-8-7-11-30-15/h5-11,19,27H,4,12H2,1-3H3. The van der Waals surface area contributed by atoms with Crippen molar-refractivity contribution in [2.75, 3.05) is 6.61 Å². The van der Waals surface area contributed by atoms with E-state index in [9.17, 15) is 14.7 Å². The molecule has 4 rings (SSSR count). The molecule has 1 aromatic carbocycles. The van der Waals surface area contributed by atoms with Gasteiger partial charge in [-0.3, -0.25) is 9.59 Å². The van der Waals surface area contributed by atoms with Crippen LogP contribution in [0.2, 0.25) is 0 Å². The van der Waals surface area contributed by atoms with Crippen LogP contribution < -0.4 is 4.74 Å². The average Bonchev–Trinajstić information content (AvgIpc) is 3.44. The monoisotopic (exact) mass is 438 g/mol. The number of ketones is 1. The molecule has 0 saturated carbocycles. The lowest BCUT2D eigenvalue weighted by molar-refractivity contribution is -0.130. The number of furan rings is 1. The van der Waals surface area contributed by atoms with Crippen molar-refractivity contribution in [2.24, 2.45) is 0 Å². The van der Waals surface area contributed by atoms with Crippen LogP contribution in [0.4, 0.5) is 0 Å². The Balaban J connectivity index is 1.86. The first-order chi connectivity index (χ1) is 14.9. The van der Waals surface area contributed by atoms with E-state index in [1.165, 1.54) is 22.5 Å². The molecule has 31 heavy (non-hydrogen) atoms. The van der Waals surface area contributed by atoms with Crippen LogP contribution >= 0.6 is 11.3 Å². The molecule has 1 N–H and O–H groups in total. The maximum absolute atomic E-state index is 13.5. The van der Waals surface area contributed by atoms with Gasteiger partial charge in [-0.25, -0.2) is 4.98 Å². The summed E-state index contributed by atoms with van der Waals surface area (Å²) in [7, 11) is 0. The van der Waals surface area contributed by atoms with E-state index in [0.717, 1.165) is 5.01 Å². The number of aliphatic hydroxyl groups is 1. The molecule has 0 fully saturated rings. The first-order valence-electron chi connectivity index (χ1n) is 9.89. The van der Waals surface area contributed by atoms with E-state index in [-0.39, 0.29) is 12.1 Å². The molecule has 1 aliphatic heterocycles. The quantitative estimate of drug-likeness (QED) is 0.545. The summed E-state index contributed by atoms with van der Waals surface area (Å²) in [6.45, 7) is 5.93. The number of ether oxygens (including phenoxy) is 1. The maximum atomic E-state index is 13.5. The topological polar surface area (TPSA) is 92.9 Å². The predicted octanol–water partition coefficient (Wildman–Crippen LogP) is 4.53. The van der Waals surface area contributed by atoms with Crippen molar-refractivity contribution in [3.63, 3.8) is 0 Å². The summed E-state index contributed by atoms with van der Waals surface area (Å²) in [6, 6.07) is 9.86. The number of carbonyl (C=O) groups excluding carboxylic acids is 2. The van der Waals surface area contributed by atoms with E-state index in [2.05, 4.69) is 4.98 Å². The summed E-state index contributed by atoms with van der Waals surface area (Å²) >= 11 is 1.25. The fraction of sp³-hybridized carbons (Fsp3) is 0.261.